The summed E-state index contributed by atoms with van der Waals surface area (Å²) >= 11 is 0. The molecule has 0 spiro atoms. The number of hydrogen-bond acceptors (Lipinski definition) is 9. The summed E-state index contributed by atoms with van der Waals surface area (Å²) in [6.07, 6.45) is 51.3. The van der Waals surface area contributed by atoms with Gasteiger partial charge in [-0.25, -0.2) is 0 Å². The predicted molar refractivity (Wildman–Crippen MR) is 282 cm³/mol. The molecule has 0 radical (unpaired) electrons. The van der Waals surface area contributed by atoms with Crippen molar-refractivity contribution in [2.75, 3.05) is 13.2 Å². The predicted octanol–water partition coefficient (Wildman–Crippen LogP) is 12.9. The van der Waals surface area contributed by atoms with Crippen LogP contribution in [0.15, 0.2) is 36.5 Å². The maximum Gasteiger partial charge on any atom is 0.249 e. The summed E-state index contributed by atoms with van der Waals surface area (Å²) in [5, 5.41) is 64.8. The van der Waals surface area contributed by atoms with E-state index >= 15 is 0 Å². The molecule has 8 atom stereocenters. The number of hydrogen-bond donors (Lipinski definition) is 7. The van der Waals surface area contributed by atoms with E-state index in [1.807, 2.05) is 6.08 Å². The molecular formula is C58H109NO9. The van der Waals surface area contributed by atoms with E-state index in [2.05, 4.69) is 43.5 Å². The Kier molecular flexibility index (Phi) is 45.1. The third kappa shape index (κ3) is 36.3. The lowest BCUT2D eigenvalue weighted by molar-refractivity contribution is -0.302. The van der Waals surface area contributed by atoms with Crippen LogP contribution in [0.1, 0.15) is 264 Å². The Labute approximate surface area is 417 Å². The van der Waals surface area contributed by atoms with Gasteiger partial charge in [-0.2, -0.15) is 0 Å². The first-order valence-electron chi connectivity index (χ1n) is 28.8. The second-order valence-corrected chi connectivity index (χ2v) is 20.2. The van der Waals surface area contributed by atoms with Crippen molar-refractivity contribution in [2.24, 2.45) is 0 Å². The summed E-state index contributed by atoms with van der Waals surface area (Å²) in [7, 11) is 0. The molecule has 400 valence electrons. The zero-order valence-electron chi connectivity index (χ0n) is 44.0. The fourth-order valence-corrected chi connectivity index (χ4v) is 9.14. The van der Waals surface area contributed by atoms with Gasteiger partial charge in [-0.1, -0.05) is 256 Å². The minimum atomic E-state index is -1.62. The molecule has 8 unspecified atom stereocenters. The number of amides is 1. The van der Waals surface area contributed by atoms with Gasteiger partial charge in [-0.15, -0.1) is 0 Å². The molecule has 0 aliphatic carbocycles. The van der Waals surface area contributed by atoms with Crippen LogP contribution in [-0.2, 0) is 14.3 Å². The number of carbonyl (C=O) groups excluding carboxylic acids is 1. The minimum Gasteiger partial charge on any atom is -0.394 e. The molecule has 1 fully saturated rings. The van der Waals surface area contributed by atoms with E-state index in [9.17, 15) is 35.4 Å². The second kappa shape index (κ2) is 47.7. The van der Waals surface area contributed by atoms with Gasteiger partial charge in [-0.3, -0.25) is 4.79 Å². The average Bonchev–Trinajstić information content (AvgIpc) is 3.34. The smallest absolute Gasteiger partial charge is 0.249 e. The lowest BCUT2D eigenvalue weighted by Crippen LogP contribution is -2.60. The molecule has 68 heavy (non-hydrogen) atoms. The monoisotopic (exact) mass is 964 g/mol. The van der Waals surface area contributed by atoms with Crippen molar-refractivity contribution in [1.82, 2.24) is 5.32 Å². The standard InChI is InChI=1S/C58H109NO9/c1-3-5-7-9-11-13-15-17-18-19-20-21-22-23-24-25-26-27-28-29-30-31-32-33-35-37-39-41-43-45-47-52(62)57(66)59-50(49-67-58-56(65)55(64)54(63)53(48-60)68-58)51(61)46-44-42-40-38-36-34-16-14-12-10-8-6-4-2/h12,14,36,38,44,46,50-56,58,60-65H,3-11,13,15-35,37,39-43,45,47-49H2,1-2H3,(H,59,66)/b14-12+,38-36+,46-44+. The van der Waals surface area contributed by atoms with Crippen molar-refractivity contribution in [1.29, 1.82) is 0 Å². The van der Waals surface area contributed by atoms with E-state index in [-0.39, 0.29) is 6.61 Å². The first kappa shape index (κ1) is 64.4. The van der Waals surface area contributed by atoms with Crippen molar-refractivity contribution in [3.8, 4) is 0 Å². The lowest BCUT2D eigenvalue weighted by Gasteiger charge is -2.40. The number of aliphatic hydroxyl groups is 6. The summed E-state index contributed by atoms with van der Waals surface area (Å²) in [5.41, 5.74) is 0. The van der Waals surface area contributed by atoms with Crippen LogP contribution in [0.3, 0.4) is 0 Å². The van der Waals surface area contributed by atoms with Crippen LogP contribution < -0.4 is 5.32 Å². The first-order chi connectivity index (χ1) is 33.3. The van der Waals surface area contributed by atoms with Crippen LogP contribution in [0, 0.1) is 0 Å². The Morgan fingerprint density at radius 2 is 0.868 bits per heavy atom. The molecule has 1 rings (SSSR count). The van der Waals surface area contributed by atoms with Crippen molar-refractivity contribution in [2.45, 2.75) is 313 Å². The number of nitrogens with one attached hydrogen (secondary N) is 1. The second-order valence-electron chi connectivity index (χ2n) is 20.2. The minimum absolute atomic E-state index is 0.304. The highest BCUT2D eigenvalue weighted by Crippen LogP contribution is 2.23. The summed E-state index contributed by atoms with van der Waals surface area (Å²) < 4.78 is 11.1. The molecule has 1 saturated heterocycles. The van der Waals surface area contributed by atoms with Crippen LogP contribution >= 0.6 is 0 Å². The largest absolute Gasteiger partial charge is 0.394 e. The molecule has 10 heteroatoms. The third-order valence-electron chi connectivity index (χ3n) is 13.8. The lowest BCUT2D eigenvalue weighted by atomic mass is 9.99. The van der Waals surface area contributed by atoms with Crippen LogP contribution in [0.4, 0.5) is 0 Å². The van der Waals surface area contributed by atoms with E-state index in [1.54, 1.807) is 6.08 Å². The zero-order chi connectivity index (χ0) is 49.6. The number of aliphatic hydroxyl groups excluding tert-OH is 6. The number of allylic oxidation sites excluding steroid dienone is 5. The highest BCUT2D eigenvalue weighted by atomic mass is 16.7. The quantitative estimate of drug-likeness (QED) is 0.0232. The van der Waals surface area contributed by atoms with Gasteiger partial charge in [0.25, 0.3) is 0 Å². The molecule has 1 aliphatic rings. The molecule has 10 nitrogen and oxygen atoms in total. The molecule has 0 aromatic carbocycles. The zero-order valence-corrected chi connectivity index (χ0v) is 44.0. The molecule has 1 aliphatic heterocycles. The first-order valence-corrected chi connectivity index (χ1v) is 28.8. The Hall–Kier alpha value is -1.63. The molecule has 1 heterocycles. The van der Waals surface area contributed by atoms with Gasteiger partial charge in [0.1, 0.15) is 30.5 Å². The number of unbranched alkanes of at least 4 members (excludes halogenated alkanes) is 34. The molecular weight excluding hydrogens is 855 g/mol. The van der Waals surface area contributed by atoms with Crippen LogP contribution in [0.2, 0.25) is 0 Å². The van der Waals surface area contributed by atoms with Crippen molar-refractivity contribution in [3.05, 3.63) is 36.5 Å². The Bertz CT molecular complexity index is 1180. The van der Waals surface area contributed by atoms with Gasteiger partial charge in [0.15, 0.2) is 6.29 Å². The fourth-order valence-electron chi connectivity index (χ4n) is 9.14. The summed E-state index contributed by atoms with van der Waals surface area (Å²) in [6.45, 7) is 3.58. The van der Waals surface area contributed by atoms with E-state index in [1.165, 1.54) is 186 Å². The molecule has 0 bridgehead atoms. The van der Waals surface area contributed by atoms with Crippen molar-refractivity contribution < 1.29 is 44.9 Å². The highest BCUT2D eigenvalue weighted by molar-refractivity contribution is 5.80. The van der Waals surface area contributed by atoms with Gasteiger partial charge in [0.2, 0.25) is 5.91 Å². The van der Waals surface area contributed by atoms with Crippen LogP contribution in [-0.4, -0.2) is 98.7 Å². The van der Waals surface area contributed by atoms with Gasteiger partial charge < -0.3 is 45.4 Å². The van der Waals surface area contributed by atoms with Gasteiger partial charge in [0.05, 0.1) is 25.4 Å². The van der Waals surface area contributed by atoms with Gasteiger partial charge >= 0.3 is 0 Å². The molecule has 0 saturated carbocycles. The Morgan fingerprint density at radius 1 is 0.500 bits per heavy atom. The van der Waals surface area contributed by atoms with Crippen LogP contribution in [0.25, 0.3) is 0 Å². The number of carbonyl (C=O) groups is 1. The van der Waals surface area contributed by atoms with E-state index in [0.29, 0.717) is 19.3 Å². The topological polar surface area (TPSA) is 169 Å². The summed E-state index contributed by atoms with van der Waals surface area (Å²) in [6, 6.07) is -1.00. The Balaban J connectivity index is 2.18. The average molecular weight is 965 g/mol. The van der Waals surface area contributed by atoms with E-state index < -0.39 is 61.5 Å². The normalized spacial score (nSPS) is 20.3. The Morgan fingerprint density at radius 3 is 1.28 bits per heavy atom. The van der Waals surface area contributed by atoms with Crippen molar-refractivity contribution >= 4 is 5.91 Å². The maximum atomic E-state index is 13.1. The molecule has 0 aromatic rings. The van der Waals surface area contributed by atoms with Gasteiger partial charge in [0, 0.05) is 0 Å². The van der Waals surface area contributed by atoms with E-state index in [4.69, 9.17) is 9.47 Å². The fraction of sp³-hybridized carbons (Fsp3) is 0.879. The highest BCUT2D eigenvalue weighted by Gasteiger charge is 2.44. The van der Waals surface area contributed by atoms with Crippen molar-refractivity contribution in [3.63, 3.8) is 0 Å². The third-order valence-corrected chi connectivity index (χ3v) is 13.8. The number of ether oxygens (including phenoxy) is 2. The molecule has 7 N–H and O–H groups in total. The van der Waals surface area contributed by atoms with Gasteiger partial charge in [-0.05, 0) is 44.9 Å². The molecule has 1 amide bonds. The number of rotatable bonds is 49. The maximum absolute atomic E-state index is 13.1. The molecule has 0 aromatic heterocycles. The van der Waals surface area contributed by atoms with E-state index in [0.717, 1.165) is 44.9 Å². The summed E-state index contributed by atoms with van der Waals surface area (Å²) in [5.74, 6) is -0.627. The SMILES string of the molecule is CCCCC/C=C/CC/C=C/CC/C=C/C(O)C(COC1OC(CO)C(O)C(O)C1O)NC(=O)C(O)CCCCCCCCCCCCCCCCCCCCCCCCCCCCCCCC. The van der Waals surface area contributed by atoms with Crippen LogP contribution in [0.5, 0.6) is 0 Å². The summed E-state index contributed by atoms with van der Waals surface area (Å²) in [4.78, 5) is 13.1.